The molecule has 0 aliphatic carbocycles. The lowest BCUT2D eigenvalue weighted by Crippen LogP contribution is -2.08. The van der Waals surface area contributed by atoms with Gasteiger partial charge in [-0.2, -0.15) is 0 Å². The van der Waals surface area contributed by atoms with Crippen LogP contribution in [0.15, 0.2) is 48.6 Å². The number of benzene rings is 1. The van der Waals surface area contributed by atoms with Crippen LogP contribution in [0.2, 0.25) is 0 Å². The molecule has 0 spiro atoms. The minimum absolute atomic E-state index is 0.0725. The van der Waals surface area contributed by atoms with Crippen LogP contribution in [0.4, 0.5) is 5.69 Å². The molecule has 108 valence electrons. The first kappa shape index (κ1) is 16.0. The molecular weight excluding hydrogens is 274 g/mol. The number of aldehydes is 1. The van der Waals surface area contributed by atoms with Gasteiger partial charge >= 0.3 is 5.97 Å². The summed E-state index contributed by atoms with van der Waals surface area (Å²) in [5, 5.41) is 10.9. The molecular formula is C15H13NO5. The Morgan fingerprint density at radius 3 is 2.29 bits per heavy atom. The van der Waals surface area contributed by atoms with Crippen LogP contribution in [0.3, 0.4) is 0 Å². The molecule has 0 bridgehead atoms. The summed E-state index contributed by atoms with van der Waals surface area (Å²) in [6, 6.07) is 6.50. The fourth-order valence-corrected chi connectivity index (χ4v) is 1.44. The lowest BCUT2D eigenvalue weighted by Gasteiger charge is -2.03. The van der Waals surface area contributed by atoms with Crippen LogP contribution in [0.5, 0.6) is 0 Å². The van der Waals surface area contributed by atoms with E-state index in [1.807, 2.05) is 0 Å². The van der Waals surface area contributed by atoms with Gasteiger partial charge in [0.2, 0.25) is 5.91 Å². The second kappa shape index (κ2) is 8.21. The summed E-state index contributed by atoms with van der Waals surface area (Å²) in [6.45, 7) is 0. The van der Waals surface area contributed by atoms with E-state index in [9.17, 15) is 19.2 Å². The molecule has 0 aromatic heterocycles. The third-order valence-electron chi connectivity index (χ3n) is 2.34. The Morgan fingerprint density at radius 2 is 1.71 bits per heavy atom. The van der Waals surface area contributed by atoms with Gasteiger partial charge in [-0.05, 0) is 29.8 Å². The van der Waals surface area contributed by atoms with Crippen molar-refractivity contribution < 1.29 is 24.3 Å². The number of anilines is 1. The number of carbonyl (C=O) groups is 4. The van der Waals surface area contributed by atoms with Crippen LogP contribution in [0, 0.1) is 0 Å². The fraction of sp³-hybridized carbons (Fsp3) is 0.0667. The Bertz CT molecular complexity index is 599. The topological polar surface area (TPSA) is 101 Å². The Morgan fingerprint density at radius 1 is 1.05 bits per heavy atom. The van der Waals surface area contributed by atoms with Crippen LogP contribution in [0.25, 0.3) is 0 Å². The standard InChI is InChI=1S/C15H13NO5/c17-9-1-2-14(19)16-12-5-3-11(4-6-12)10-13(18)7-8-15(20)21/h1-9H,10H2,(H,16,19)(H,20,21)/b2-1-,8-7-. The van der Waals surface area contributed by atoms with E-state index in [0.717, 1.165) is 24.3 Å². The van der Waals surface area contributed by atoms with E-state index < -0.39 is 11.9 Å². The molecule has 1 rings (SSSR count). The lowest BCUT2D eigenvalue weighted by atomic mass is 10.1. The molecule has 6 heteroatoms. The molecule has 0 unspecified atom stereocenters. The molecule has 0 aliphatic rings. The summed E-state index contributed by atoms with van der Waals surface area (Å²) in [6.07, 6.45) is 4.54. The third-order valence-corrected chi connectivity index (χ3v) is 2.34. The SMILES string of the molecule is O=C/C=C\C(=O)Nc1ccc(CC(=O)/C=C\C(=O)O)cc1. The largest absolute Gasteiger partial charge is 0.478 e. The number of carbonyl (C=O) groups excluding carboxylic acids is 3. The zero-order chi connectivity index (χ0) is 15.7. The highest BCUT2D eigenvalue weighted by atomic mass is 16.4. The molecule has 0 radical (unpaired) electrons. The van der Waals surface area contributed by atoms with Gasteiger partial charge in [-0.1, -0.05) is 12.1 Å². The third kappa shape index (κ3) is 6.63. The van der Waals surface area contributed by atoms with Gasteiger partial charge in [0.15, 0.2) is 5.78 Å². The second-order valence-electron chi connectivity index (χ2n) is 4.00. The molecule has 0 saturated carbocycles. The average Bonchev–Trinajstić information content (AvgIpc) is 2.45. The van der Waals surface area contributed by atoms with Gasteiger partial charge < -0.3 is 10.4 Å². The van der Waals surface area contributed by atoms with Crippen LogP contribution in [0.1, 0.15) is 5.56 Å². The van der Waals surface area contributed by atoms with Gasteiger partial charge in [0.05, 0.1) is 0 Å². The minimum Gasteiger partial charge on any atom is -0.478 e. The first-order valence-corrected chi connectivity index (χ1v) is 5.97. The first-order valence-electron chi connectivity index (χ1n) is 5.97. The first-order chi connectivity index (χ1) is 10.0. The van der Waals surface area contributed by atoms with Gasteiger partial charge in [-0.3, -0.25) is 14.4 Å². The van der Waals surface area contributed by atoms with Crippen molar-refractivity contribution in [3.05, 3.63) is 54.1 Å². The zero-order valence-corrected chi connectivity index (χ0v) is 11.0. The summed E-state index contributed by atoms with van der Waals surface area (Å²) >= 11 is 0. The van der Waals surface area contributed by atoms with Gasteiger partial charge in [-0.15, -0.1) is 0 Å². The van der Waals surface area contributed by atoms with E-state index in [1.54, 1.807) is 24.3 Å². The minimum atomic E-state index is -1.18. The summed E-state index contributed by atoms with van der Waals surface area (Å²) in [5.74, 6) is -1.94. The Labute approximate surface area is 120 Å². The number of ketones is 1. The number of aliphatic carboxylic acids is 1. The predicted molar refractivity (Wildman–Crippen MR) is 75.8 cm³/mol. The molecule has 0 saturated heterocycles. The van der Waals surface area contributed by atoms with Crippen molar-refractivity contribution in [2.45, 2.75) is 6.42 Å². The number of nitrogens with one attached hydrogen (secondary N) is 1. The highest BCUT2D eigenvalue weighted by molar-refractivity contribution is 6.01. The number of hydrogen-bond donors (Lipinski definition) is 2. The van der Waals surface area contributed by atoms with Crippen molar-refractivity contribution >= 4 is 29.6 Å². The molecule has 6 nitrogen and oxygen atoms in total. The van der Waals surface area contributed by atoms with Gasteiger partial charge in [0.25, 0.3) is 0 Å². The quantitative estimate of drug-likeness (QED) is 0.578. The van der Waals surface area contributed by atoms with Crippen LogP contribution < -0.4 is 5.32 Å². The molecule has 1 amide bonds. The number of carboxylic acid groups (broad SMARTS) is 1. The van der Waals surface area contributed by atoms with Crippen LogP contribution in [-0.4, -0.2) is 29.1 Å². The van der Waals surface area contributed by atoms with Gasteiger partial charge in [0.1, 0.15) is 6.29 Å². The molecule has 0 heterocycles. The van der Waals surface area contributed by atoms with Crippen LogP contribution >= 0.6 is 0 Å². The van der Waals surface area contributed by atoms with Gasteiger partial charge in [-0.25, -0.2) is 4.79 Å². The molecule has 2 N–H and O–H groups in total. The molecule has 1 aromatic carbocycles. The maximum Gasteiger partial charge on any atom is 0.328 e. The maximum atomic E-state index is 11.4. The van der Waals surface area contributed by atoms with E-state index in [2.05, 4.69) is 5.32 Å². The molecule has 0 atom stereocenters. The maximum absolute atomic E-state index is 11.4. The highest BCUT2D eigenvalue weighted by Crippen LogP contribution is 2.10. The van der Waals surface area contributed by atoms with E-state index >= 15 is 0 Å². The number of rotatable bonds is 7. The molecule has 0 fully saturated rings. The Kier molecular flexibility index (Phi) is 6.27. The zero-order valence-electron chi connectivity index (χ0n) is 11.0. The molecule has 21 heavy (non-hydrogen) atoms. The van der Waals surface area contributed by atoms with E-state index in [4.69, 9.17) is 5.11 Å². The van der Waals surface area contributed by atoms with Crippen molar-refractivity contribution in [2.75, 3.05) is 5.32 Å². The summed E-state index contributed by atoms with van der Waals surface area (Å²) < 4.78 is 0. The van der Waals surface area contributed by atoms with Crippen molar-refractivity contribution in [1.82, 2.24) is 0 Å². The Balaban J connectivity index is 2.60. The van der Waals surface area contributed by atoms with E-state index in [0.29, 0.717) is 17.5 Å². The van der Waals surface area contributed by atoms with E-state index in [-0.39, 0.29) is 12.2 Å². The lowest BCUT2D eigenvalue weighted by molar-refractivity contribution is -0.131. The normalized spacial score (nSPS) is 10.7. The number of hydrogen-bond acceptors (Lipinski definition) is 4. The predicted octanol–water partition coefficient (Wildman–Crippen LogP) is 1.13. The molecule has 0 aliphatic heterocycles. The van der Waals surface area contributed by atoms with Crippen molar-refractivity contribution in [2.24, 2.45) is 0 Å². The monoisotopic (exact) mass is 287 g/mol. The summed E-state index contributed by atoms with van der Waals surface area (Å²) in [4.78, 5) is 43.1. The highest BCUT2D eigenvalue weighted by Gasteiger charge is 2.02. The van der Waals surface area contributed by atoms with Crippen LogP contribution in [-0.2, 0) is 25.6 Å². The van der Waals surface area contributed by atoms with E-state index in [1.165, 1.54) is 0 Å². The molecule has 1 aromatic rings. The van der Waals surface area contributed by atoms with Crippen molar-refractivity contribution in [3.8, 4) is 0 Å². The smallest absolute Gasteiger partial charge is 0.328 e. The van der Waals surface area contributed by atoms with Crippen molar-refractivity contribution in [3.63, 3.8) is 0 Å². The number of amides is 1. The van der Waals surface area contributed by atoms with Crippen molar-refractivity contribution in [1.29, 1.82) is 0 Å². The summed E-state index contributed by atoms with van der Waals surface area (Å²) in [5.41, 5.74) is 1.21. The van der Waals surface area contributed by atoms with Gasteiger partial charge in [0, 0.05) is 24.3 Å². The number of carboxylic acids is 1. The summed E-state index contributed by atoms with van der Waals surface area (Å²) in [7, 11) is 0. The Hall–Kier alpha value is -3.02. The second-order valence-corrected chi connectivity index (χ2v) is 4.00. The fourth-order valence-electron chi connectivity index (χ4n) is 1.44. The number of allylic oxidation sites excluding steroid dienone is 2. The average molecular weight is 287 g/mol.